The Morgan fingerprint density at radius 1 is 1.32 bits per heavy atom. The highest BCUT2D eigenvalue weighted by atomic mass is 35.5. The maximum absolute atomic E-state index is 12.6. The minimum atomic E-state index is -0.117. The lowest BCUT2D eigenvalue weighted by Gasteiger charge is -2.18. The van der Waals surface area contributed by atoms with Crippen molar-refractivity contribution in [2.24, 2.45) is 5.73 Å². The number of carbonyl (C=O) groups is 1. The van der Waals surface area contributed by atoms with Crippen LogP contribution in [0, 0.1) is 6.92 Å². The molecule has 0 bridgehead atoms. The summed E-state index contributed by atoms with van der Waals surface area (Å²) in [4.78, 5) is 14.0. The Morgan fingerprint density at radius 2 is 2.05 bits per heavy atom. The lowest BCUT2D eigenvalue weighted by atomic mass is 10.1. The number of amides is 1. The summed E-state index contributed by atoms with van der Waals surface area (Å²) >= 11 is 0. The molecule has 118 valence electrons. The van der Waals surface area contributed by atoms with Crippen LogP contribution in [0.2, 0.25) is 0 Å². The highest BCUT2D eigenvalue weighted by molar-refractivity contribution is 5.98. The first-order valence-electron chi connectivity index (χ1n) is 7.19. The summed E-state index contributed by atoms with van der Waals surface area (Å²) in [5.74, 6) is -0.117. The van der Waals surface area contributed by atoms with Crippen LogP contribution in [0.5, 0.6) is 0 Å². The molecule has 1 aliphatic rings. The Balaban J connectivity index is 0.00000176. The van der Waals surface area contributed by atoms with Crippen LogP contribution >= 0.6 is 12.4 Å². The molecule has 0 spiro atoms. The van der Waals surface area contributed by atoms with Gasteiger partial charge < -0.3 is 11.1 Å². The number of nitrogens with one attached hydrogen (secondary N) is 1. The van der Waals surface area contributed by atoms with Gasteiger partial charge in [0.25, 0.3) is 5.91 Å². The van der Waals surface area contributed by atoms with E-state index in [0.29, 0.717) is 11.3 Å². The van der Waals surface area contributed by atoms with Crippen LogP contribution in [-0.4, -0.2) is 33.0 Å². The molecule has 1 aliphatic carbocycles. The molecule has 3 rings (SSSR count). The van der Waals surface area contributed by atoms with Crippen LogP contribution < -0.4 is 11.1 Å². The molecule has 1 saturated carbocycles. The highest BCUT2D eigenvalue weighted by Crippen LogP contribution is 2.19. The summed E-state index contributed by atoms with van der Waals surface area (Å²) in [5, 5.41) is 11.3. The minimum absolute atomic E-state index is 0. The summed E-state index contributed by atoms with van der Waals surface area (Å²) in [6, 6.07) is 5.76. The van der Waals surface area contributed by atoms with Gasteiger partial charge in [-0.2, -0.15) is 15.0 Å². The van der Waals surface area contributed by atoms with Gasteiger partial charge in [-0.1, -0.05) is 11.6 Å². The molecule has 22 heavy (non-hydrogen) atoms. The van der Waals surface area contributed by atoms with Crippen LogP contribution in [0.1, 0.15) is 35.2 Å². The van der Waals surface area contributed by atoms with Gasteiger partial charge in [-0.15, -0.1) is 12.4 Å². The van der Waals surface area contributed by atoms with E-state index in [2.05, 4.69) is 15.5 Å². The van der Waals surface area contributed by atoms with Crippen molar-refractivity contribution < 1.29 is 4.79 Å². The summed E-state index contributed by atoms with van der Waals surface area (Å²) < 4.78 is 0. The Labute approximate surface area is 135 Å². The maximum atomic E-state index is 12.6. The molecule has 0 aliphatic heterocycles. The third-order valence-electron chi connectivity index (χ3n) is 3.92. The molecule has 2 aromatic rings. The van der Waals surface area contributed by atoms with Crippen molar-refractivity contribution >= 4 is 18.3 Å². The van der Waals surface area contributed by atoms with E-state index in [1.54, 1.807) is 12.4 Å². The number of aryl methyl sites for hydroxylation is 1. The van der Waals surface area contributed by atoms with Crippen molar-refractivity contribution in [3.8, 4) is 5.69 Å². The van der Waals surface area contributed by atoms with Crippen molar-refractivity contribution in [1.82, 2.24) is 20.3 Å². The van der Waals surface area contributed by atoms with E-state index >= 15 is 0 Å². The van der Waals surface area contributed by atoms with Crippen molar-refractivity contribution in [1.29, 1.82) is 0 Å². The number of carbonyl (C=O) groups excluding carboxylic acids is 1. The van der Waals surface area contributed by atoms with Crippen LogP contribution in [0.4, 0.5) is 0 Å². The smallest absolute Gasteiger partial charge is 0.253 e. The van der Waals surface area contributed by atoms with Gasteiger partial charge in [-0.3, -0.25) is 4.79 Å². The van der Waals surface area contributed by atoms with E-state index in [1.807, 2.05) is 25.1 Å². The van der Waals surface area contributed by atoms with E-state index in [-0.39, 0.29) is 30.4 Å². The maximum Gasteiger partial charge on any atom is 0.253 e. The zero-order valence-corrected chi connectivity index (χ0v) is 13.2. The predicted octanol–water partition coefficient (Wildman–Crippen LogP) is 1.61. The highest BCUT2D eigenvalue weighted by Gasteiger charge is 2.26. The zero-order valence-electron chi connectivity index (χ0n) is 12.4. The lowest BCUT2D eigenvalue weighted by molar-refractivity contribution is 0.0934. The van der Waals surface area contributed by atoms with Gasteiger partial charge >= 0.3 is 0 Å². The van der Waals surface area contributed by atoms with Crippen LogP contribution in [0.25, 0.3) is 5.69 Å². The van der Waals surface area contributed by atoms with Gasteiger partial charge in [0.05, 0.1) is 23.6 Å². The summed E-state index contributed by atoms with van der Waals surface area (Å²) in [6.45, 7) is 1.96. The number of halogens is 1. The second-order valence-electron chi connectivity index (χ2n) is 5.51. The molecule has 1 aromatic heterocycles. The van der Waals surface area contributed by atoms with Gasteiger partial charge in [-0.05, 0) is 38.3 Å². The standard InChI is InChI=1S/C15H19N5O.ClH/c1-10-5-6-14(20-17-7-8-18-20)11(9-10)15(21)19-13-4-2-3-12(13)16;/h5-9,12-13H,2-4,16H2,1H3,(H,19,21);1H/t12-,13-;/m0./s1. The summed E-state index contributed by atoms with van der Waals surface area (Å²) in [5.41, 5.74) is 8.29. The fourth-order valence-corrected chi connectivity index (χ4v) is 2.76. The predicted molar refractivity (Wildman–Crippen MR) is 86.4 cm³/mol. The van der Waals surface area contributed by atoms with Gasteiger partial charge in [0.15, 0.2) is 0 Å². The third kappa shape index (κ3) is 3.28. The first-order chi connectivity index (χ1) is 10.1. The van der Waals surface area contributed by atoms with Crippen molar-refractivity contribution in [3.63, 3.8) is 0 Å². The molecule has 0 unspecified atom stereocenters. The topological polar surface area (TPSA) is 85.8 Å². The number of nitrogens with two attached hydrogens (primary N) is 1. The molecule has 6 nitrogen and oxygen atoms in total. The van der Waals surface area contributed by atoms with Gasteiger partial charge in [0.2, 0.25) is 0 Å². The first-order valence-corrected chi connectivity index (χ1v) is 7.19. The molecule has 0 saturated heterocycles. The van der Waals surface area contributed by atoms with Gasteiger partial charge in [0, 0.05) is 12.1 Å². The first kappa shape index (κ1) is 16.5. The van der Waals surface area contributed by atoms with Crippen LogP contribution in [-0.2, 0) is 0 Å². The number of rotatable bonds is 3. The van der Waals surface area contributed by atoms with Crippen LogP contribution in [0.15, 0.2) is 30.6 Å². The van der Waals surface area contributed by atoms with E-state index < -0.39 is 0 Å². The molecule has 7 heteroatoms. The van der Waals surface area contributed by atoms with Crippen molar-refractivity contribution in [2.75, 3.05) is 0 Å². The monoisotopic (exact) mass is 321 g/mol. The average molecular weight is 322 g/mol. The van der Waals surface area contributed by atoms with E-state index in [0.717, 1.165) is 24.8 Å². The Hall–Kier alpha value is -1.92. The molecule has 0 radical (unpaired) electrons. The molecular formula is C15H20ClN5O. The fraction of sp³-hybridized carbons (Fsp3) is 0.400. The summed E-state index contributed by atoms with van der Waals surface area (Å²) in [6.07, 6.45) is 6.15. The molecule has 3 N–H and O–H groups in total. The van der Waals surface area contributed by atoms with Crippen molar-refractivity contribution in [2.45, 2.75) is 38.3 Å². The largest absolute Gasteiger partial charge is 0.348 e. The molecule has 2 atom stereocenters. The number of hydrogen-bond donors (Lipinski definition) is 2. The van der Waals surface area contributed by atoms with E-state index in [1.165, 1.54) is 4.80 Å². The van der Waals surface area contributed by atoms with E-state index in [9.17, 15) is 4.79 Å². The second kappa shape index (κ2) is 6.89. The SMILES string of the molecule is Cc1ccc(-n2nccn2)c(C(=O)N[C@H]2CCC[C@@H]2N)c1.Cl. The third-order valence-corrected chi connectivity index (χ3v) is 3.92. The average Bonchev–Trinajstić information content (AvgIpc) is 3.11. The zero-order chi connectivity index (χ0) is 14.8. The number of benzene rings is 1. The number of aromatic nitrogens is 3. The van der Waals surface area contributed by atoms with E-state index in [4.69, 9.17) is 5.73 Å². The molecule has 1 aromatic carbocycles. The number of nitrogens with zero attached hydrogens (tertiary/aromatic N) is 3. The summed E-state index contributed by atoms with van der Waals surface area (Å²) in [7, 11) is 0. The Bertz CT molecular complexity index is 643. The van der Waals surface area contributed by atoms with Crippen molar-refractivity contribution in [3.05, 3.63) is 41.7 Å². The number of hydrogen-bond acceptors (Lipinski definition) is 4. The quantitative estimate of drug-likeness (QED) is 0.899. The van der Waals surface area contributed by atoms with Gasteiger partial charge in [-0.25, -0.2) is 0 Å². The molecule has 1 fully saturated rings. The lowest BCUT2D eigenvalue weighted by Crippen LogP contribution is -2.44. The molecule has 1 amide bonds. The molecule has 1 heterocycles. The molecular weight excluding hydrogens is 302 g/mol. The minimum Gasteiger partial charge on any atom is -0.348 e. The Kier molecular flexibility index (Phi) is 5.15. The van der Waals surface area contributed by atoms with Gasteiger partial charge in [0.1, 0.15) is 0 Å². The Morgan fingerprint density at radius 3 is 2.68 bits per heavy atom. The fourth-order valence-electron chi connectivity index (χ4n) is 2.76. The normalized spacial score (nSPS) is 20.5. The second-order valence-corrected chi connectivity index (χ2v) is 5.51. The van der Waals surface area contributed by atoms with Crippen LogP contribution in [0.3, 0.4) is 0 Å².